The van der Waals surface area contributed by atoms with Crippen LogP contribution >= 0.6 is 0 Å². The van der Waals surface area contributed by atoms with Crippen molar-refractivity contribution in [1.82, 2.24) is 25.0 Å². The van der Waals surface area contributed by atoms with Gasteiger partial charge in [0, 0.05) is 24.6 Å². The molecule has 1 aliphatic heterocycles. The molecule has 4 rings (SSSR count). The molecule has 0 spiro atoms. The molecule has 3 aromatic rings. The number of carbonyl (C=O) groups excluding carboxylic acids is 1. The highest BCUT2D eigenvalue weighted by Gasteiger charge is 2.33. The van der Waals surface area contributed by atoms with E-state index in [1.807, 2.05) is 6.07 Å². The quantitative estimate of drug-likeness (QED) is 0.321. The molecular weight excluding hydrogens is 463 g/mol. The van der Waals surface area contributed by atoms with Gasteiger partial charge in [-0.2, -0.15) is 34.8 Å². The first-order chi connectivity index (χ1) is 16.7. The molecule has 1 atom stereocenters. The maximum Gasteiger partial charge on any atom is 0.233 e. The molecule has 1 aliphatic rings. The lowest BCUT2D eigenvalue weighted by Gasteiger charge is -2.31. The smallest absolute Gasteiger partial charge is 0.233 e. The molecule has 2 aromatic heterocycles. The van der Waals surface area contributed by atoms with Crippen LogP contribution in [0.1, 0.15) is 24.0 Å². The van der Waals surface area contributed by atoms with Crippen molar-refractivity contribution >= 4 is 19.9 Å². The first kappa shape index (κ1) is 25.1. The number of carbonyl (C=O) groups is 1. The lowest BCUT2D eigenvalue weighted by Crippen LogP contribution is -2.43. The van der Waals surface area contributed by atoms with Gasteiger partial charge in [0.25, 0.3) is 0 Å². The lowest BCUT2D eigenvalue weighted by atomic mass is 9.90. The highest BCUT2D eigenvalue weighted by Crippen LogP contribution is 2.28. The van der Waals surface area contributed by atoms with E-state index in [0.717, 1.165) is 30.0 Å². The zero-order valence-electron chi connectivity index (χ0n) is 20.9. The van der Waals surface area contributed by atoms with Crippen LogP contribution in [0.4, 0.5) is 10.3 Å². The van der Waals surface area contributed by atoms with E-state index in [0.29, 0.717) is 36.9 Å². The Hall–Kier alpha value is -2.98. The molecule has 0 N–H and O–H groups in total. The fourth-order valence-corrected chi connectivity index (χ4v) is 4.91. The second kappa shape index (κ2) is 10.7. The largest absolute Gasteiger partial charge is 0.362 e. The lowest BCUT2D eigenvalue weighted by molar-refractivity contribution is -0.123. The molecule has 35 heavy (non-hydrogen) atoms. The maximum absolute atomic E-state index is 13.7. The number of piperidine rings is 1. The summed E-state index contributed by atoms with van der Waals surface area (Å²) >= 11 is 0. The van der Waals surface area contributed by atoms with Crippen LogP contribution in [0.15, 0.2) is 36.7 Å². The van der Waals surface area contributed by atoms with Gasteiger partial charge in [-0.15, -0.1) is 19.2 Å². The highest BCUT2D eigenvalue weighted by molar-refractivity contribution is 6.76. The molecule has 3 heterocycles. The highest BCUT2D eigenvalue weighted by atomic mass is 28.3. The fourth-order valence-electron chi connectivity index (χ4n) is 4.15. The Balaban J connectivity index is 1.56. The van der Waals surface area contributed by atoms with Gasteiger partial charge in [0.15, 0.2) is 5.82 Å². The van der Waals surface area contributed by atoms with Crippen molar-refractivity contribution in [1.29, 1.82) is 0 Å². The van der Waals surface area contributed by atoms with Gasteiger partial charge < -0.3 is 4.74 Å². The van der Waals surface area contributed by atoms with Crippen LogP contribution < -0.4 is 4.90 Å². The minimum Gasteiger partial charge on any atom is -0.362 e. The van der Waals surface area contributed by atoms with Gasteiger partial charge in [0.05, 0.1) is 12.4 Å². The Morgan fingerprint density at radius 3 is 2.74 bits per heavy atom. The monoisotopic (exact) mass is 496 g/mol. The molecule has 0 aliphatic carbocycles. The predicted octanol–water partition coefficient (Wildman–Crippen LogP) is 4.48. The topological polar surface area (TPSA) is 86.0 Å². The molecule has 8 nitrogen and oxygen atoms in total. The number of amides is 1. The second-order valence-corrected chi connectivity index (χ2v) is 16.0. The molecule has 1 aromatic carbocycles. The van der Waals surface area contributed by atoms with Crippen molar-refractivity contribution in [2.75, 3.05) is 18.1 Å². The van der Waals surface area contributed by atoms with Crippen molar-refractivity contribution in [3.05, 3.63) is 53.6 Å². The normalized spacial score (nSPS) is 16.7. The molecule has 1 amide bonds. The summed E-state index contributed by atoms with van der Waals surface area (Å²) in [5.41, 5.74) is 2.28. The second-order valence-electron chi connectivity index (χ2n) is 10.3. The minimum atomic E-state index is -1.23. The molecule has 187 valence electrons. The van der Waals surface area contributed by atoms with E-state index in [2.05, 4.69) is 34.9 Å². The van der Waals surface area contributed by atoms with Crippen LogP contribution in [0.2, 0.25) is 25.7 Å². The van der Waals surface area contributed by atoms with Crippen molar-refractivity contribution in [3.63, 3.8) is 0 Å². The summed E-state index contributed by atoms with van der Waals surface area (Å²) in [6.07, 6.45) is 5.40. The molecule has 1 fully saturated rings. The van der Waals surface area contributed by atoms with Gasteiger partial charge in [-0.1, -0.05) is 12.1 Å². The summed E-state index contributed by atoms with van der Waals surface area (Å²) in [7, 11) is -1.23. The van der Waals surface area contributed by atoms with Crippen molar-refractivity contribution in [2.45, 2.75) is 58.6 Å². The summed E-state index contributed by atoms with van der Waals surface area (Å²) < 4.78 is 21.3. The minimum absolute atomic E-state index is 0.00776. The Morgan fingerprint density at radius 1 is 1.20 bits per heavy atom. The van der Waals surface area contributed by atoms with Crippen LogP contribution in [0, 0.1) is 18.7 Å². The average Bonchev–Trinajstić information content (AvgIpc) is 3.24. The summed E-state index contributed by atoms with van der Waals surface area (Å²) in [6.45, 7) is 10.1. The van der Waals surface area contributed by atoms with Crippen molar-refractivity contribution in [2.24, 2.45) is 5.92 Å². The third-order valence-electron chi connectivity index (χ3n) is 6.20. The Labute approximate surface area is 206 Å². The molecule has 1 saturated heterocycles. The van der Waals surface area contributed by atoms with Gasteiger partial charge in [-0.05, 0) is 49.4 Å². The molecule has 0 radical (unpaired) electrons. The van der Waals surface area contributed by atoms with Gasteiger partial charge >= 0.3 is 0 Å². The first-order valence-corrected chi connectivity index (χ1v) is 15.8. The Bertz CT molecular complexity index is 1160. The van der Waals surface area contributed by atoms with Gasteiger partial charge in [0.1, 0.15) is 12.5 Å². The van der Waals surface area contributed by atoms with Crippen LogP contribution in [0.5, 0.6) is 0 Å². The standard InChI is InChI=1S/C25H33FN6O2Si/c1-18-14-19(7-8-22(18)26)15-20-6-5-11-31(24(20)33)25-29-23(21-9-10-27-28-16-21)30-32(25)17-34-12-13-35(2,3)4/h7-10,14,16,20H,5-6,11-13,15,17H2,1-4H3/q-1. The summed E-state index contributed by atoms with van der Waals surface area (Å²) in [5, 5.41) is 12.4. The van der Waals surface area contributed by atoms with Crippen LogP contribution in [-0.2, 0) is 22.7 Å². The molecule has 0 saturated carbocycles. The van der Waals surface area contributed by atoms with E-state index >= 15 is 0 Å². The number of nitrogens with zero attached hydrogens (tertiary/aromatic N) is 6. The zero-order chi connectivity index (χ0) is 25.0. The molecular formula is C25H33FN6O2Si-. The van der Waals surface area contributed by atoms with Gasteiger partial charge in [0.2, 0.25) is 11.9 Å². The summed E-state index contributed by atoms with van der Waals surface area (Å²) in [6, 6.07) is 7.89. The third kappa shape index (κ3) is 6.37. The Kier molecular flexibility index (Phi) is 7.71. The number of aromatic nitrogens is 5. The van der Waals surface area contributed by atoms with E-state index in [4.69, 9.17) is 9.72 Å². The van der Waals surface area contributed by atoms with Crippen molar-refractivity contribution < 1.29 is 13.9 Å². The van der Waals surface area contributed by atoms with Gasteiger partial charge in [-0.3, -0.25) is 9.69 Å². The zero-order valence-corrected chi connectivity index (χ0v) is 21.9. The van der Waals surface area contributed by atoms with Gasteiger partial charge in [-0.25, -0.2) is 9.07 Å². The Morgan fingerprint density at radius 2 is 2.03 bits per heavy atom. The number of benzene rings is 1. The van der Waals surface area contributed by atoms with Crippen LogP contribution in [0.3, 0.4) is 0 Å². The summed E-state index contributed by atoms with van der Waals surface area (Å²) in [5.74, 6) is 0.541. The van der Waals surface area contributed by atoms with E-state index in [9.17, 15) is 9.18 Å². The number of halogens is 1. The van der Waals surface area contributed by atoms with E-state index in [1.54, 1.807) is 41.0 Å². The predicted molar refractivity (Wildman–Crippen MR) is 135 cm³/mol. The number of hydrogen-bond donors (Lipinski definition) is 0. The number of aryl methyl sites for hydroxylation is 1. The van der Waals surface area contributed by atoms with E-state index in [-0.39, 0.29) is 24.4 Å². The average molecular weight is 497 g/mol. The fraction of sp³-hybridized carbons (Fsp3) is 0.480. The third-order valence-corrected chi connectivity index (χ3v) is 7.90. The number of ether oxygens (including phenoxy) is 1. The van der Waals surface area contributed by atoms with E-state index in [1.165, 1.54) is 6.07 Å². The first-order valence-electron chi connectivity index (χ1n) is 12.1. The number of anilines is 1. The number of hydrogen-bond acceptors (Lipinski definition) is 6. The van der Waals surface area contributed by atoms with E-state index < -0.39 is 8.07 Å². The molecule has 10 heteroatoms. The number of rotatable bonds is 9. The SMILES string of the molecule is Cc1cc(CC2CCCN(c3nc(-c4ccnnc4)nn3COCC[Si-](C)(C)C)C2=O)ccc1F. The molecule has 1 unspecified atom stereocenters. The maximum atomic E-state index is 13.7. The molecule has 0 bridgehead atoms. The summed E-state index contributed by atoms with van der Waals surface area (Å²) in [4.78, 5) is 20.0. The van der Waals surface area contributed by atoms with Crippen LogP contribution in [-0.4, -0.2) is 52.1 Å². The van der Waals surface area contributed by atoms with Crippen molar-refractivity contribution in [3.8, 4) is 11.4 Å². The van der Waals surface area contributed by atoms with Crippen LogP contribution in [0.25, 0.3) is 11.4 Å².